The molecule has 0 aliphatic carbocycles. The van der Waals surface area contributed by atoms with E-state index in [0.29, 0.717) is 26.4 Å². The average Bonchev–Trinajstić information content (AvgIpc) is 2.80. The zero-order chi connectivity index (χ0) is 26.2. The maximum Gasteiger partial charge on any atom is 0.339 e. The molecule has 1 aromatic carbocycles. The Hall–Kier alpha value is -2.90. The van der Waals surface area contributed by atoms with Crippen LogP contribution >= 0.6 is 0 Å². The number of hydrogen-bond donors (Lipinski definition) is 0. The van der Waals surface area contributed by atoms with Gasteiger partial charge in [-0.25, -0.2) is 9.59 Å². The standard InChI is InChI=1S/C16H22O4.C6H12O2.C4H8O2/c1-3-5-11-19-15(17)13-9-7-8-10-14(13)16(18)20-12-6-4-2;1-3-4-5-8-6(2)7;1-3-6-4(2)5/h7-10H,3-6,11-12H2,1-2H3;3-5H2,1-2H3;3H2,1-2H3. The van der Waals surface area contributed by atoms with Crippen LogP contribution in [0.3, 0.4) is 0 Å². The molecule has 194 valence electrons. The van der Waals surface area contributed by atoms with Gasteiger partial charge in [-0.15, -0.1) is 0 Å². The third-order valence-electron chi connectivity index (χ3n) is 3.98. The van der Waals surface area contributed by atoms with E-state index in [-0.39, 0.29) is 23.1 Å². The van der Waals surface area contributed by atoms with Crippen LogP contribution in [0.25, 0.3) is 0 Å². The van der Waals surface area contributed by atoms with Crippen LogP contribution < -0.4 is 0 Å². The SMILES string of the molecule is CCCCOC(=O)c1ccccc1C(=O)OCCCC.CCCCOC(C)=O.CCOC(C)=O. The van der Waals surface area contributed by atoms with E-state index < -0.39 is 11.9 Å². The number of rotatable bonds is 12. The highest BCUT2D eigenvalue weighted by molar-refractivity contribution is 6.03. The zero-order valence-electron chi connectivity index (χ0n) is 21.6. The van der Waals surface area contributed by atoms with Gasteiger partial charge in [0.25, 0.3) is 0 Å². The molecule has 0 unspecified atom stereocenters. The quantitative estimate of drug-likeness (QED) is 0.218. The van der Waals surface area contributed by atoms with Gasteiger partial charge in [0.15, 0.2) is 0 Å². The predicted molar refractivity (Wildman–Crippen MR) is 131 cm³/mol. The Bertz CT molecular complexity index is 659. The van der Waals surface area contributed by atoms with Gasteiger partial charge in [0.2, 0.25) is 0 Å². The molecule has 8 heteroatoms. The molecule has 0 heterocycles. The summed E-state index contributed by atoms with van der Waals surface area (Å²) in [6.45, 7) is 12.5. The summed E-state index contributed by atoms with van der Waals surface area (Å²) >= 11 is 0. The minimum Gasteiger partial charge on any atom is -0.466 e. The summed E-state index contributed by atoms with van der Waals surface area (Å²) < 4.78 is 19.3. The zero-order valence-corrected chi connectivity index (χ0v) is 21.6. The van der Waals surface area contributed by atoms with Crippen LogP contribution in [0.15, 0.2) is 24.3 Å². The van der Waals surface area contributed by atoms with Crippen LogP contribution in [0, 0.1) is 0 Å². The summed E-state index contributed by atoms with van der Waals surface area (Å²) in [4.78, 5) is 43.8. The smallest absolute Gasteiger partial charge is 0.339 e. The summed E-state index contributed by atoms with van der Waals surface area (Å²) in [5.74, 6) is -1.33. The third-order valence-corrected chi connectivity index (χ3v) is 3.98. The van der Waals surface area contributed by atoms with Gasteiger partial charge in [0, 0.05) is 13.8 Å². The van der Waals surface area contributed by atoms with E-state index in [1.165, 1.54) is 13.8 Å². The van der Waals surface area contributed by atoms with E-state index in [9.17, 15) is 19.2 Å². The van der Waals surface area contributed by atoms with Gasteiger partial charge < -0.3 is 18.9 Å². The first-order valence-electron chi connectivity index (χ1n) is 11.9. The monoisotopic (exact) mass is 482 g/mol. The fraction of sp³-hybridized carbons (Fsp3) is 0.615. The molecule has 0 bridgehead atoms. The molecule has 0 aromatic heterocycles. The Morgan fingerprint density at radius 2 is 0.941 bits per heavy atom. The number of carbonyl (C=O) groups excluding carboxylic acids is 4. The van der Waals surface area contributed by atoms with Crippen molar-refractivity contribution in [2.75, 3.05) is 26.4 Å². The van der Waals surface area contributed by atoms with Crippen LogP contribution in [0.1, 0.15) is 101 Å². The summed E-state index contributed by atoms with van der Waals surface area (Å²) in [6, 6.07) is 6.59. The average molecular weight is 483 g/mol. The second kappa shape index (κ2) is 23.3. The largest absolute Gasteiger partial charge is 0.466 e. The number of esters is 4. The summed E-state index contributed by atoms with van der Waals surface area (Å²) in [7, 11) is 0. The Morgan fingerprint density at radius 3 is 1.21 bits per heavy atom. The van der Waals surface area contributed by atoms with Crippen molar-refractivity contribution in [1.82, 2.24) is 0 Å². The minimum absolute atomic E-state index is 0.182. The van der Waals surface area contributed by atoms with E-state index in [0.717, 1.165) is 38.5 Å². The molecule has 0 saturated carbocycles. The Kier molecular flexibility index (Phi) is 22.8. The summed E-state index contributed by atoms with van der Waals surface area (Å²) in [5, 5.41) is 0. The van der Waals surface area contributed by atoms with Gasteiger partial charge in [0.05, 0.1) is 37.6 Å². The molecule has 8 nitrogen and oxygen atoms in total. The summed E-state index contributed by atoms with van der Waals surface area (Å²) in [5.41, 5.74) is 0.537. The van der Waals surface area contributed by atoms with Crippen molar-refractivity contribution in [3.8, 4) is 0 Å². The second-order valence-corrected chi connectivity index (χ2v) is 7.14. The van der Waals surface area contributed by atoms with Gasteiger partial charge in [-0.05, 0) is 38.3 Å². The van der Waals surface area contributed by atoms with Gasteiger partial charge in [-0.1, -0.05) is 52.2 Å². The lowest BCUT2D eigenvalue weighted by molar-refractivity contribution is -0.141. The lowest BCUT2D eigenvalue weighted by Gasteiger charge is -2.09. The highest BCUT2D eigenvalue weighted by Gasteiger charge is 2.18. The fourth-order valence-corrected chi connectivity index (χ4v) is 2.18. The first-order chi connectivity index (χ1) is 16.2. The van der Waals surface area contributed by atoms with Crippen LogP contribution in [-0.4, -0.2) is 50.3 Å². The molecule has 0 spiro atoms. The Labute approximate surface area is 204 Å². The first-order valence-corrected chi connectivity index (χ1v) is 11.9. The van der Waals surface area contributed by atoms with Crippen molar-refractivity contribution >= 4 is 23.9 Å². The lowest BCUT2D eigenvalue weighted by atomic mass is 10.1. The van der Waals surface area contributed by atoms with Gasteiger partial charge in [-0.3, -0.25) is 9.59 Å². The molecule has 34 heavy (non-hydrogen) atoms. The number of ether oxygens (including phenoxy) is 4. The predicted octanol–water partition coefficient (Wildman–Crippen LogP) is 5.52. The van der Waals surface area contributed by atoms with E-state index in [1.807, 2.05) is 13.8 Å². The van der Waals surface area contributed by atoms with E-state index in [4.69, 9.17) is 9.47 Å². The molecule has 1 aromatic rings. The van der Waals surface area contributed by atoms with E-state index in [1.54, 1.807) is 31.2 Å². The number of carbonyl (C=O) groups is 4. The second-order valence-electron chi connectivity index (χ2n) is 7.14. The maximum absolute atomic E-state index is 11.9. The molecule has 0 radical (unpaired) electrons. The highest BCUT2D eigenvalue weighted by atomic mass is 16.5. The van der Waals surface area contributed by atoms with Crippen LogP contribution in [-0.2, 0) is 28.5 Å². The molecule has 0 saturated heterocycles. The first kappa shape index (κ1) is 33.3. The minimum atomic E-state index is -0.471. The lowest BCUT2D eigenvalue weighted by Crippen LogP contribution is -2.14. The molecule has 0 aliphatic rings. The molecular weight excluding hydrogens is 440 g/mol. The maximum atomic E-state index is 11.9. The topological polar surface area (TPSA) is 105 Å². The van der Waals surface area contributed by atoms with Crippen molar-refractivity contribution < 1.29 is 38.1 Å². The molecule has 0 amide bonds. The highest BCUT2D eigenvalue weighted by Crippen LogP contribution is 2.12. The molecule has 0 fully saturated rings. The van der Waals surface area contributed by atoms with Crippen molar-refractivity contribution in [1.29, 1.82) is 0 Å². The van der Waals surface area contributed by atoms with Crippen molar-refractivity contribution in [3.05, 3.63) is 35.4 Å². The third kappa shape index (κ3) is 19.8. The van der Waals surface area contributed by atoms with Gasteiger partial charge >= 0.3 is 23.9 Å². The molecule has 0 aliphatic heterocycles. The number of benzene rings is 1. The van der Waals surface area contributed by atoms with E-state index in [2.05, 4.69) is 16.4 Å². The van der Waals surface area contributed by atoms with Gasteiger partial charge in [0.1, 0.15) is 0 Å². The van der Waals surface area contributed by atoms with Crippen LogP contribution in [0.5, 0.6) is 0 Å². The molecule has 1 rings (SSSR count). The molecule has 0 atom stereocenters. The van der Waals surface area contributed by atoms with Crippen molar-refractivity contribution in [3.63, 3.8) is 0 Å². The summed E-state index contributed by atoms with van der Waals surface area (Å²) in [6.07, 6.45) is 5.58. The Morgan fingerprint density at radius 1 is 0.588 bits per heavy atom. The van der Waals surface area contributed by atoms with Crippen LogP contribution in [0.4, 0.5) is 0 Å². The van der Waals surface area contributed by atoms with Crippen LogP contribution in [0.2, 0.25) is 0 Å². The van der Waals surface area contributed by atoms with E-state index >= 15 is 0 Å². The molecule has 0 N–H and O–H groups in total. The van der Waals surface area contributed by atoms with Gasteiger partial charge in [-0.2, -0.15) is 0 Å². The number of unbranched alkanes of at least 4 members (excludes halogenated alkanes) is 3. The Balaban J connectivity index is 0. The van der Waals surface area contributed by atoms with Crippen molar-refractivity contribution in [2.45, 2.75) is 80.1 Å². The molecular formula is C26H42O8. The normalized spacial score (nSPS) is 9.35. The number of hydrogen-bond acceptors (Lipinski definition) is 8. The fourth-order valence-electron chi connectivity index (χ4n) is 2.18. The van der Waals surface area contributed by atoms with Crippen molar-refractivity contribution in [2.24, 2.45) is 0 Å².